The Kier molecular flexibility index (Phi) is 8.07. The van der Waals surface area contributed by atoms with E-state index >= 15 is 0 Å². The van der Waals surface area contributed by atoms with E-state index in [0.29, 0.717) is 0 Å². The fourth-order valence-electron chi connectivity index (χ4n) is 1.85. The molecule has 0 aliphatic rings. The Labute approximate surface area is 96.2 Å². The van der Waals surface area contributed by atoms with E-state index in [1.165, 1.54) is 38.8 Å². The molecule has 0 aromatic carbocycles. The standard InChI is InChI=1S/C13H30N2/c1-5-8-10-15(11-9-6-2)13(4,7-3)12-14/h5-12,14H2,1-4H3. The van der Waals surface area contributed by atoms with E-state index in [0.717, 1.165) is 13.0 Å². The summed E-state index contributed by atoms with van der Waals surface area (Å²) >= 11 is 0. The molecular formula is C13H30N2. The number of nitrogens with two attached hydrogens (primary N) is 1. The molecule has 1 atom stereocenters. The lowest BCUT2D eigenvalue weighted by atomic mass is 9.95. The molecule has 0 heterocycles. The summed E-state index contributed by atoms with van der Waals surface area (Å²) in [5.41, 5.74) is 6.13. The molecule has 92 valence electrons. The van der Waals surface area contributed by atoms with Crippen LogP contribution in [0.15, 0.2) is 0 Å². The first-order valence-corrected chi connectivity index (χ1v) is 6.59. The SMILES string of the molecule is CCCCN(CCCC)C(C)(CC)CN. The monoisotopic (exact) mass is 214 g/mol. The normalized spacial score (nSPS) is 15.6. The lowest BCUT2D eigenvalue weighted by Gasteiger charge is -2.40. The topological polar surface area (TPSA) is 29.3 Å². The fourth-order valence-corrected chi connectivity index (χ4v) is 1.85. The largest absolute Gasteiger partial charge is 0.329 e. The molecule has 0 amide bonds. The summed E-state index contributed by atoms with van der Waals surface area (Å²) < 4.78 is 0. The van der Waals surface area contributed by atoms with E-state index in [9.17, 15) is 0 Å². The Balaban J connectivity index is 4.29. The first-order chi connectivity index (χ1) is 7.14. The minimum Gasteiger partial charge on any atom is -0.329 e. The molecule has 0 saturated carbocycles. The Morgan fingerprint density at radius 3 is 1.73 bits per heavy atom. The lowest BCUT2D eigenvalue weighted by molar-refractivity contribution is 0.102. The molecule has 0 spiro atoms. The Morgan fingerprint density at radius 1 is 1.00 bits per heavy atom. The van der Waals surface area contributed by atoms with Crippen molar-refractivity contribution in [3.05, 3.63) is 0 Å². The molecule has 0 aliphatic heterocycles. The first-order valence-electron chi connectivity index (χ1n) is 6.59. The molecule has 2 N–H and O–H groups in total. The Bertz CT molecular complexity index is 133. The van der Waals surface area contributed by atoms with Crippen LogP contribution < -0.4 is 5.73 Å². The van der Waals surface area contributed by atoms with Crippen molar-refractivity contribution >= 4 is 0 Å². The highest BCUT2D eigenvalue weighted by atomic mass is 15.2. The third-order valence-electron chi connectivity index (χ3n) is 3.53. The van der Waals surface area contributed by atoms with Crippen LogP contribution in [0.3, 0.4) is 0 Å². The second-order valence-electron chi connectivity index (χ2n) is 4.75. The average molecular weight is 214 g/mol. The van der Waals surface area contributed by atoms with Gasteiger partial charge < -0.3 is 5.73 Å². The van der Waals surface area contributed by atoms with Gasteiger partial charge in [0.25, 0.3) is 0 Å². The Morgan fingerprint density at radius 2 is 1.47 bits per heavy atom. The van der Waals surface area contributed by atoms with E-state index < -0.39 is 0 Å². The van der Waals surface area contributed by atoms with Crippen LogP contribution in [0.5, 0.6) is 0 Å². The maximum absolute atomic E-state index is 5.92. The highest BCUT2D eigenvalue weighted by Crippen LogP contribution is 2.19. The zero-order valence-corrected chi connectivity index (χ0v) is 11.2. The van der Waals surface area contributed by atoms with Crippen molar-refractivity contribution < 1.29 is 0 Å². The highest BCUT2D eigenvalue weighted by molar-refractivity contribution is 4.85. The van der Waals surface area contributed by atoms with Gasteiger partial charge in [0.2, 0.25) is 0 Å². The maximum Gasteiger partial charge on any atom is 0.0300 e. The van der Waals surface area contributed by atoms with Crippen LogP contribution >= 0.6 is 0 Å². The molecule has 0 radical (unpaired) electrons. The van der Waals surface area contributed by atoms with Gasteiger partial charge in [-0.3, -0.25) is 4.90 Å². The predicted octanol–water partition coefficient (Wildman–Crippen LogP) is 3.02. The minimum atomic E-state index is 0.213. The third kappa shape index (κ3) is 4.98. The van der Waals surface area contributed by atoms with Crippen LogP contribution in [0.1, 0.15) is 59.8 Å². The van der Waals surface area contributed by atoms with E-state index in [1.54, 1.807) is 0 Å². The van der Waals surface area contributed by atoms with Crippen molar-refractivity contribution in [2.45, 2.75) is 65.3 Å². The summed E-state index contributed by atoms with van der Waals surface area (Å²) in [7, 11) is 0. The molecule has 2 heteroatoms. The van der Waals surface area contributed by atoms with Crippen LogP contribution in [0.25, 0.3) is 0 Å². The van der Waals surface area contributed by atoms with Crippen LogP contribution in [-0.2, 0) is 0 Å². The van der Waals surface area contributed by atoms with Crippen LogP contribution in [0.2, 0.25) is 0 Å². The summed E-state index contributed by atoms with van der Waals surface area (Å²) in [6, 6.07) is 0. The minimum absolute atomic E-state index is 0.213. The van der Waals surface area contributed by atoms with Crippen LogP contribution in [-0.4, -0.2) is 30.1 Å². The predicted molar refractivity (Wildman–Crippen MR) is 69.1 cm³/mol. The molecule has 0 aliphatic carbocycles. The van der Waals surface area contributed by atoms with Gasteiger partial charge in [0.05, 0.1) is 0 Å². The maximum atomic E-state index is 5.92. The third-order valence-corrected chi connectivity index (χ3v) is 3.53. The van der Waals surface area contributed by atoms with Gasteiger partial charge in [0.1, 0.15) is 0 Å². The van der Waals surface area contributed by atoms with Gasteiger partial charge in [0.15, 0.2) is 0 Å². The van der Waals surface area contributed by atoms with Crippen LogP contribution in [0, 0.1) is 0 Å². The number of rotatable bonds is 9. The molecule has 0 aromatic heterocycles. The summed E-state index contributed by atoms with van der Waals surface area (Å²) in [5.74, 6) is 0. The van der Waals surface area contributed by atoms with Crippen molar-refractivity contribution in [2.75, 3.05) is 19.6 Å². The van der Waals surface area contributed by atoms with Gasteiger partial charge in [-0.25, -0.2) is 0 Å². The number of hydrogen-bond donors (Lipinski definition) is 1. The van der Waals surface area contributed by atoms with Gasteiger partial charge in [-0.1, -0.05) is 33.6 Å². The average Bonchev–Trinajstić information content (AvgIpc) is 2.28. The molecular weight excluding hydrogens is 184 g/mol. The van der Waals surface area contributed by atoms with Gasteiger partial charge in [-0.15, -0.1) is 0 Å². The highest BCUT2D eigenvalue weighted by Gasteiger charge is 2.27. The van der Waals surface area contributed by atoms with Gasteiger partial charge in [-0.2, -0.15) is 0 Å². The molecule has 0 fully saturated rings. The van der Waals surface area contributed by atoms with E-state index in [1.807, 2.05) is 0 Å². The molecule has 0 saturated heterocycles. The zero-order valence-electron chi connectivity index (χ0n) is 11.2. The van der Waals surface area contributed by atoms with E-state index in [2.05, 4.69) is 32.6 Å². The van der Waals surface area contributed by atoms with Gasteiger partial charge in [0, 0.05) is 12.1 Å². The van der Waals surface area contributed by atoms with Crippen molar-refractivity contribution in [2.24, 2.45) is 5.73 Å². The number of hydrogen-bond acceptors (Lipinski definition) is 2. The van der Waals surface area contributed by atoms with E-state index in [4.69, 9.17) is 5.73 Å². The first kappa shape index (κ1) is 14.9. The molecule has 0 rings (SSSR count). The molecule has 0 bridgehead atoms. The molecule has 1 unspecified atom stereocenters. The quantitative estimate of drug-likeness (QED) is 0.639. The van der Waals surface area contributed by atoms with Crippen molar-refractivity contribution in [3.63, 3.8) is 0 Å². The van der Waals surface area contributed by atoms with Crippen LogP contribution in [0.4, 0.5) is 0 Å². The Hall–Kier alpha value is -0.0800. The summed E-state index contributed by atoms with van der Waals surface area (Å²) in [6.07, 6.45) is 6.27. The second-order valence-corrected chi connectivity index (χ2v) is 4.75. The van der Waals surface area contributed by atoms with Crippen molar-refractivity contribution in [1.29, 1.82) is 0 Å². The van der Waals surface area contributed by atoms with Crippen molar-refractivity contribution in [1.82, 2.24) is 4.90 Å². The second kappa shape index (κ2) is 8.12. The number of nitrogens with zero attached hydrogens (tertiary/aromatic N) is 1. The summed E-state index contributed by atoms with van der Waals surface area (Å²) in [4.78, 5) is 2.60. The summed E-state index contributed by atoms with van der Waals surface area (Å²) in [6.45, 7) is 12.2. The van der Waals surface area contributed by atoms with Gasteiger partial charge in [-0.05, 0) is 39.3 Å². The number of unbranched alkanes of at least 4 members (excludes halogenated alkanes) is 2. The van der Waals surface area contributed by atoms with Gasteiger partial charge >= 0.3 is 0 Å². The summed E-state index contributed by atoms with van der Waals surface area (Å²) in [5, 5.41) is 0. The smallest absolute Gasteiger partial charge is 0.0300 e. The molecule has 2 nitrogen and oxygen atoms in total. The lowest BCUT2D eigenvalue weighted by Crippen LogP contribution is -2.52. The fraction of sp³-hybridized carbons (Fsp3) is 1.00. The van der Waals surface area contributed by atoms with Crippen molar-refractivity contribution in [3.8, 4) is 0 Å². The zero-order chi connectivity index (χ0) is 11.7. The van der Waals surface area contributed by atoms with E-state index in [-0.39, 0.29) is 5.54 Å². The molecule has 15 heavy (non-hydrogen) atoms. The molecule has 0 aromatic rings.